The smallest absolute Gasteiger partial charge is 0.326 e. The van der Waals surface area contributed by atoms with Crippen molar-refractivity contribution in [3.05, 3.63) is 66.3 Å². The third-order valence-electron chi connectivity index (χ3n) is 6.04. The van der Waals surface area contributed by atoms with Crippen molar-refractivity contribution in [3.63, 3.8) is 0 Å². The summed E-state index contributed by atoms with van der Waals surface area (Å²) < 4.78 is 0. The molecule has 0 spiro atoms. The quantitative estimate of drug-likeness (QED) is 0.107. The van der Waals surface area contributed by atoms with Crippen molar-refractivity contribution in [1.82, 2.24) is 35.9 Å². The van der Waals surface area contributed by atoms with E-state index in [2.05, 4.69) is 35.9 Å². The van der Waals surface area contributed by atoms with Crippen LogP contribution >= 0.6 is 0 Å². The molecule has 0 saturated carbocycles. The van der Waals surface area contributed by atoms with Gasteiger partial charge in [0.25, 0.3) is 0 Å². The summed E-state index contributed by atoms with van der Waals surface area (Å²) in [6.07, 6.45) is 4.26. The molecule has 0 aliphatic rings. The van der Waals surface area contributed by atoms with Crippen molar-refractivity contribution >= 4 is 23.7 Å². The number of aliphatic carboxylic acids is 1. The van der Waals surface area contributed by atoms with Crippen LogP contribution in [0, 0.1) is 0 Å². The van der Waals surface area contributed by atoms with Crippen molar-refractivity contribution in [2.24, 2.45) is 5.73 Å². The minimum Gasteiger partial charge on any atom is -0.508 e. The van der Waals surface area contributed by atoms with E-state index in [-0.39, 0.29) is 25.0 Å². The molecule has 2 heterocycles. The first-order valence-electron chi connectivity index (χ1n) is 12.3. The van der Waals surface area contributed by atoms with Gasteiger partial charge in [-0.2, -0.15) is 0 Å². The highest BCUT2D eigenvalue weighted by Crippen LogP contribution is 2.12. The van der Waals surface area contributed by atoms with E-state index in [9.17, 15) is 34.5 Å². The van der Waals surface area contributed by atoms with Gasteiger partial charge in [-0.25, -0.2) is 14.8 Å². The molecule has 10 N–H and O–H groups in total. The highest BCUT2D eigenvalue weighted by molar-refractivity contribution is 5.94. The van der Waals surface area contributed by atoms with Crippen molar-refractivity contribution in [3.8, 4) is 5.75 Å². The van der Waals surface area contributed by atoms with Gasteiger partial charge in [0, 0.05) is 43.0 Å². The second-order valence-corrected chi connectivity index (χ2v) is 9.22. The number of carbonyl (C=O) groups is 4. The number of aliphatic hydroxyl groups is 1. The van der Waals surface area contributed by atoms with Crippen LogP contribution in [-0.4, -0.2) is 89.2 Å². The van der Waals surface area contributed by atoms with E-state index in [1.807, 2.05) is 0 Å². The molecule has 0 aliphatic heterocycles. The van der Waals surface area contributed by atoms with Gasteiger partial charge in [0.2, 0.25) is 17.7 Å². The molecule has 3 rings (SSSR count). The fourth-order valence-corrected chi connectivity index (χ4v) is 3.75. The number of hydrogen-bond acceptors (Lipinski definition) is 9. The van der Waals surface area contributed by atoms with Crippen molar-refractivity contribution < 1.29 is 34.5 Å². The maximum atomic E-state index is 13.4. The number of benzene rings is 1. The fraction of sp³-hybridized carbons (Fsp3) is 0.360. The van der Waals surface area contributed by atoms with Crippen LogP contribution in [0.25, 0.3) is 0 Å². The van der Waals surface area contributed by atoms with E-state index >= 15 is 0 Å². The van der Waals surface area contributed by atoms with Gasteiger partial charge in [0.1, 0.15) is 29.9 Å². The van der Waals surface area contributed by atoms with Gasteiger partial charge in [-0.15, -0.1) is 0 Å². The van der Waals surface area contributed by atoms with Gasteiger partial charge in [-0.1, -0.05) is 12.1 Å². The molecule has 0 aliphatic carbocycles. The summed E-state index contributed by atoms with van der Waals surface area (Å²) in [6, 6.07) is 0.779. The number of carboxylic acids is 1. The second kappa shape index (κ2) is 13.9. The molecule has 0 radical (unpaired) electrons. The number of phenols is 1. The lowest BCUT2D eigenvalue weighted by Crippen LogP contribution is -2.59. The number of aromatic hydroxyl groups is 1. The Morgan fingerprint density at radius 1 is 0.825 bits per heavy atom. The SMILES string of the molecule is CC(O)C(N)C(=O)NC(Cc1ccc(O)cc1)C(=O)NC(Cc1cnc[nH]1)C(=O)NC(Cc1cnc[nH]1)C(=O)O. The predicted octanol–water partition coefficient (Wildman–Crippen LogP) is -1.89. The Labute approximate surface area is 228 Å². The van der Waals surface area contributed by atoms with E-state index in [1.54, 1.807) is 12.1 Å². The lowest BCUT2D eigenvalue weighted by atomic mass is 10.0. The summed E-state index contributed by atoms with van der Waals surface area (Å²) in [5, 5.41) is 36.5. The predicted molar refractivity (Wildman–Crippen MR) is 139 cm³/mol. The molecule has 5 atom stereocenters. The Hall–Kier alpha value is -4.76. The molecular formula is C25H32N8O7. The largest absolute Gasteiger partial charge is 0.508 e. The highest BCUT2D eigenvalue weighted by atomic mass is 16.4. The van der Waals surface area contributed by atoms with Crippen LogP contribution in [-0.2, 0) is 38.4 Å². The van der Waals surface area contributed by atoms with Gasteiger partial charge in [0.15, 0.2) is 0 Å². The third kappa shape index (κ3) is 8.64. The molecule has 3 amide bonds. The monoisotopic (exact) mass is 556 g/mol. The van der Waals surface area contributed by atoms with Crippen LogP contribution in [0.1, 0.15) is 23.9 Å². The molecule has 40 heavy (non-hydrogen) atoms. The number of hydrogen-bond donors (Lipinski definition) is 9. The first-order valence-corrected chi connectivity index (χ1v) is 12.3. The zero-order chi connectivity index (χ0) is 29.2. The van der Waals surface area contributed by atoms with E-state index in [4.69, 9.17) is 5.73 Å². The van der Waals surface area contributed by atoms with Crippen LogP contribution in [0.4, 0.5) is 0 Å². The van der Waals surface area contributed by atoms with Gasteiger partial charge >= 0.3 is 5.97 Å². The number of aromatic amines is 2. The van der Waals surface area contributed by atoms with Gasteiger partial charge < -0.3 is 47.0 Å². The first kappa shape index (κ1) is 29.8. The summed E-state index contributed by atoms with van der Waals surface area (Å²) >= 11 is 0. The number of rotatable bonds is 14. The second-order valence-electron chi connectivity index (χ2n) is 9.22. The molecule has 0 saturated heterocycles. The molecule has 15 heteroatoms. The average molecular weight is 557 g/mol. The van der Waals surface area contributed by atoms with Crippen LogP contribution in [0.5, 0.6) is 5.75 Å². The van der Waals surface area contributed by atoms with Crippen molar-refractivity contribution in [2.75, 3.05) is 0 Å². The first-order chi connectivity index (χ1) is 19.0. The number of aromatic nitrogens is 4. The van der Waals surface area contributed by atoms with Crippen LogP contribution in [0.3, 0.4) is 0 Å². The minimum absolute atomic E-state index is 0.00400. The highest BCUT2D eigenvalue weighted by Gasteiger charge is 2.32. The lowest BCUT2D eigenvalue weighted by Gasteiger charge is -2.25. The molecule has 214 valence electrons. The maximum absolute atomic E-state index is 13.4. The number of imidazole rings is 2. The molecule has 15 nitrogen and oxygen atoms in total. The minimum atomic E-state index is -1.33. The normalized spacial score (nSPS) is 14.8. The van der Waals surface area contributed by atoms with E-state index in [0.29, 0.717) is 17.0 Å². The molecule has 0 bridgehead atoms. The molecule has 0 fully saturated rings. The number of nitrogens with zero attached hydrogens (tertiary/aromatic N) is 2. The van der Waals surface area contributed by atoms with Crippen LogP contribution in [0.2, 0.25) is 0 Å². The Kier molecular flexibility index (Phi) is 10.3. The Morgan fingerprint density at radius 3 is 1.77 bits per heavy atom. The Morgan fingerprint density at radius 2 is 1.30 bits per heavy atom. The van der Waals surface area contributed by atoms with Crippen molar-refractivity contribution in [1.29, 1.82) is 0 Å². The Balaban J connectivity index is 1.82. The summed E-state index contributed by atoms with van der Waals surface area (Å²) in [6.45, 7) is 1.33. The number of nitrogens with one attached hydrogen (secondary N) is 5. The number of phenolic OH excluding ortho intramolecular Hbond substituents is 1. The summed E-state index contributed by atoms with van der Waals surface area (Å²) in [5.74, 6) is -3.64. The number of carboxylic acid groups (broad SMARTS) is 1. The zero-order valence-electron chi connectivity index (χ0n) is 21.6. The number of nitrogens with two attached hydrogens (primary N) is 1. The topological polar surface area (TPSA) is 248 Å². The number of H-pyrrole nitrogens is 2. The standard InChI is InChI=1S/C25H32N8O7/c1-13(34)21(26)24(38)32-18(6-14-2-4-17(35)5-3-14)22(36)31-19(7-15-9-27-11-29-15)23(37)33-20(25(39)40)8-16-10-28-12-30-16/h2-5,9-13,18-21,34-35H,6-8,26H2,1H3,(H,27,29)(H,28,30)(H,31,36)(H,32,38)(H,33,37)(H,39,40). The lowest BCUT2D eigenvalue weighted by molar-refractivity contribution is -0.142. The molecular weight excluding hydrogens is 524 g/mol. The molecule has 1 aromatic carbocycles. The zero-order valence-corrected chi connectivity index (χ0v) is 21.6. The molecule has 5 unspecified atom stereocenters. The van der Waals surface area contributed by atoms with Gasteiger partial charge in [-0.3, -0.25) is 14.4 Å². The number of carbonyl (C=O) groups excluding carboxylic acids is 3. The summed E-state index contributed by atoms with van der Waals surface area (Å²) in [7, 11) is 0. The van der Waals surface area contributed by atoms with Gasteiger partial charge in [-0.05, 0) is 24.6 Å². The van der Waals surface area contributed by atoms with Crippen LogP contribution in [0.15, 0.2) is 49.3 Å². The van der Waals surface area contributed by atoms with E-state index < -0.39 is 54.0 Å². The third-order valence-corrected chi connectivity index (χ3v) is 6.04. The number of amides is 3. The molecule has 3 aromatic rings. The van der Waals surface area contributed by atoms with E-state index in [0.717, 1.165) is 0 Å². The number of aliphatic hydroxyl groups excluding tert-OH is 1. The summed E-state index contributed by atoms with van der Waals surface area (Å²) in [4.78, 5) is 64.5. The molecule has 2 aromatic heterocycles. The maximum Gasteiger partial charge on any atom is 0.326 e. The van der Waals surface area contributed by atoms with Crippen molar-refractivity contribution in [2.45, 2.75) is 56.5 Å². The Bertz CT molecular complexity index is 1260. The van der Waals surface area contributed by atoms with Gasteiger partial charge in [0.05, 0.1) is 18.8 Å². The summed E-state index contributed by atoms with van der Waals surface area (Å²) in [5.41, 5.74) is 7.27. The fourth-order valence-electron chi connectivity index (χ4n) is 3.75. The van der Waals surface area contributed by atoms with E-state index in [1.165, 1.54) is 44.1 Å². The average Bonchev–Trinajstić information content (AvgIpc) is 3.62. The van der Waals surface area contributed by atoms with Crippen LogP contribution < -0.4 is 21.7 Å².